The number of hydrogen-bond donors (Lipinski definition) is 2. The molecule has 146 valence electrons. The number of nitrogens with zero attached hydrogens (tertiary/aromatic N) is 4. The molecule has 0 atom stereocenters. The van der Waals surface area contributed by atoms with E-state index in [1.54, 1.807) is 6.07 Å². The van der Waals surface area contributed by atoms with Crippen molar-refractivity contribution in [2.24, 2.45) is 0 Å². The molecule has 1 aromatic carbocycles. The Morgan fingerprint density at radius 2 is 1.93 bits per heavy atom. The number of para-hydroxylation sites is 1. The second-order valence-electron chi connectivity index (χ2n) is 5.88. The summed E-state index contributed by atoms with van der Waals surface area (Å²) in [5.74, 6) is -0.0452. The summed E-state index contributed by atoms with van der Waals surface area (Å²) in [7, 11) is 0. The molecule has 0 radical (unpaired) electrons. The van der Waals surface area contributed by atoms with E-state index in [1.807, 2.05) is 25.1 Å². The Morgan fingerprint density at radius 3 is 2.61 bits per heavy atom. The number of alkyl halides is 3. The van der Waals surface area contributed by atoms with E-state index >= 15 is 0 Å². The van der Waals surface area contributed by atoms with Crippen LogP contribution in [0.15, 0.2) is 41.3 Å². The highest BCUT2D eigenvalue weighted by Gasteiger charge is 2.32. The Bertz CT molecular complexity index is 1080. The maximum Gasteiger partial charge on any atom is 0.417 e. The van der Waals surface area contributed by atoms with Crippen molar-refractivity contribution < 1.29 is 13.2 Å². The minimum Gasteiger partial charge on any atom is -0.368 e. The van der Waals surface area contributed by atoms with Crippen LogP contribution in [0.3, 0.4) is 0 Å². The topological polar surface area (TPSA) is 98.7 Å². The molecular weight excluding hydrogens is 397 g/mol. The van der Waals surface area contributed by atoms with E-state index in [9.17, 15) is 18.0 Å². The minimum atomic E-state index is -4.66. The lowest BCUT2D eigenvalue weighted by molar-refractivity contribution is -0.138. The molecule has 2 heterocycles. The fourth-order valence-electron chi connectivity index (χ4n) is 2.42. The molecule has 0 amide bonds. The first kappa shape index (κ1) is 19.6. The third-order valence-electron chi connectivity index (χ3n) is 3.77. The van der Waals surface area contributed by atoms with Crippen LogP contribution in [-0.2, 0) is 12.7 Å². The van der Waals surface area contributed by atoms with Crippen LogP contribution in [0.4, 0.5) is 30.8 Å². The lowest BCUT2D eigenvalue weighted by atomic mass is 10.2. The number of aromatic nitrogens is 4. The van der Waals surface area contributed by atoms with Crippen molar-refractivity contribution in [2.45, 2.75) is 19.6 Å². The van der Waals surface area contributed by atoms with Gasteiger partial charge >= 0.3 is 6.18 Å². The van der Waals surface area contributed by atoms with Gasteiger partial charge < -0.3 is 15.6 Å². The van der Waals surface area contributed by atoms with Gasteiger partial charge in [-0.3, -0.25) is 4.79 Å². The number of hydrogen-bond acceptors (Lipinski definition) is 6. The zero-order valence-corrected chi connectivity index (χ0v) is 15.2. The molecule has 28 heavy (non-hydrogen) atoms. The normalized spacial score (nSPS) is 11.5. The lowest BCUT2D eigenvalue weighted by Crippen LogP contribution is -2.24. The van der Waals surface area contributed by atoms with Gasteiger partial charge in [-0.15, -0.1) is 0 Å². The van der Waals surface area contributed by atoms with E-state index in [-0.39, 0.29) is 24.3 Å². The second kappa shape index (κ2) is 7.47. The number of nitrogens with two attached hydrogens (primary N) is 1. The van der Waals surface area contributed by atoms with Crippen LogP contribution in [0.1, 0.15) is 17.0 Å². The van der Waals surface area contributed by atoms with Crippen molar-refractivity contribution in [2.75, 3.05) is 11.1 Å². The molecule has 0 aliphatic rings. The van der Waals surface area contributed by atoms with Crippen LogP contribution in [0, 0.1) is 6.92 Å². The first-order chi connectivity index (χ1) is 13.1. The molecule has 7 nitrogen and oxygen atoms in total. The summed E-state index contributed by atoms with van der Waals surface area (Å²) in [6, 6.07) is 7.92. The molecule has 0 aliphatic heterocycles. The first-order valence-electron chi connectivity index (χ1n) is 7.94. The van der Waals surface area contributed by atoms with Crippen LogP contribution >= 0.6 is 11.6 Å². The van der Waals surface area contributed by atoms with Crippen LogP contribution in [0.5, 0.6) is 0 Å². The molecule has 0 bridgehead atoms. The number of nitrogens with one attached hydrogen (secondary N) is 1. The quantitative estimate of drug-likeness (QED) is 0.684. The number of anilines is 3. The number of nitrogen functional groups attached to an aromatic ring is 1. The second-order valence-corrected chi connectivity index (χ2v) is 6.29. The Hall–Kier alpha value is -3.14. The Labute approximate surface area is 162 Å². The number of rotatable bonds is 4. The van der Waals surface area contributed by atoms with Crippen molar-refractivity contribution >= 4 is 29.2 Å². The summed E-state index contributed by atoms with van der Waals surface area (Å²) in [4.78, 5) is 24.1. The molecule has 3 aromatic rings. The number of pyridine rings is 1. The zero-order chi connectivity index (χ0) is 20.5. The van der Waals surface area contributed by atoms with Gasteiger partial charge in [0.25, 0.3) is 5.56 Å². The Balaban J connectivity index is 1.96. The van der Waals surface area contributed by atoms with E-state index in [4.69, 9.17) is 17.3 Å². The van der Waals surface area contributed by atoms with Crippen LogP contribution in [0.2, 0.25) is 5.02 Å². The highest BCUT2D eigenvalue weighted by molar-refractivity contribution is 6.30. The van der Waals surface area contributed by atoms with E-state index in [0.29, 0.717) is 12.3 Å². The fraction of sp³-hybridized carbons (Fsp3) is 0.176. The molecule has 0 saturated carbocycles. The maximum atomic E-state index is 13.0. The third-order valence-corrected chi connectivity index (χ3v) is 4.04. The summed E-state index contributed by atoms with van der Waals surface area (Å²) < 4.78 is 39.7. The Kier molecular flexibility index (Phi) is 5.23. The van der Waals surface area contributed by atoms with E-state index in [0.717, 1.165) is 15.8 Å². The predicted molar refractivity (Wildman–Crippen MR) is 98.5 cm³/mol. The predicted octanol–water partition coefficient (Wildman–Crippen LogP) is 3.39. The van der Waals surface area contributed by atoms with Crippen molar-refractivity contribution in [3.8, 4) is 0 Å². The molecule has 0 spiro atoms. The van der Waals surface area contributed by atoms with Gasteiger partial charge in [-0.2, -0.15) is 28.1 Å². The molecule has 0 unspecified atom stereocenters. The monoisotopic (exact) mass is 410 g/mol. The summed E-state index contributed by atoms with van der Waals surface area (Å²) in [5.41, 5.74) is 5.46. The maximum absolute atomic E-state index is 13.0. The van der Waals surface area contributed by atoms with Gasteiger partial charge in [0.15, 0.2) is 5.82 Å². The molecule has 0 saturated heterocycles. The van der Waals surface area contributed by atoms with Crippen LogP contribution in [-0.4, -0.2) is 19.5 Å². The fourth-order valence-corrected chi connectivity index (χ4v) is 2.65. The van der Waals surface area contributed by atoms with Gasteiger partial charge in [0, 0.05) is 11.9 Å². The Morgan fingerprint density at radius 1 is 1.21 bits per heavy atom. The van der Waals surface area contributed by atoms with Gasteiger partial charge in [-0.05, 0) is 24.6 Å². The van der Waals surface area contributed by atoms with Gasteiger partial charge in [0.05, 0.1) is 12.1 Å². The lowest BCUT2D eigenvalue weighted by Gasteiger charge is -2.12. The molecule has 0 aliphatic carbocycles. The summed E-state index contributed by atoms with van der Waals surface area (Å²) in [6.45, 7) is 1.51. The van der Waals surface area contributed by atoms with Gasteiger partial charge in [0.1, 0.15) is 5.02 Å². The van der Waals surface area contributed by atoms with E-state index < -0.39 is 22.3 Å². The molecule has 2 aromatic heterocycles. The average molecular weight is 411 g/mol. The van der Waals surface area contributed by atoms with E-state index in [1.165, 1.54) is 0 Å². The van der Waals surface area contributed by atoms with Crippen molar-refractivity contribution in [3.63, 3.8) is 0 Å². The zero-order valence-electron chi connectivity index (χ0n) is 14.5. The van der Waals surface area contributed by atoms with Crippen molar-refractivity contribution in [1.29, 1.82) is 0 Å². The van der Waals surface area contributed by atoms with Crippen LogP contribution < -0.4 is 16.6 Å². The minimum absolute atomic E-state index is 0.000996. The van der Waals surface area contributed by atoms with Crippen molar-refractivity contribution in [3.05, 3.63) is 68.9 Å². The van der Waals surface area contributed by atoms with Gasteiger partial charge in [-0.1, -0.05) is 29.8 Å². The highest BCUT2D eigenvalue weighted by Crippen LogP contribution is 2.29. The molecule has 3 N–H and O–H groups in total. The largest absolute Gasteiger partial charge is 0.417 e. The van der Waals surface area contributed by atoms with Crippen molar-refractivity contribution in [1.82, 2.24) is 19.5 Å². The van der Waals surface area contributed by atoms with Gasteiger partial charge in [0.2, 0.25) is 11.9 Å². The number of halogens is 4. The molecular formula is C17H14ClF3N6O. The standard InChI is InChI=1S/C17H14ClF3N6O/c1-9-4-2-3-5-12(9)23-16-25-13(24-15(22)26-16)8-27-7-10(17(19,20)21)6-11(18)14(27)28/h2-7H,8H2,1H3,(H3,22,23,24,25,26). The molecule has 3 rings (SSSR count). The first-order valence-corrected chi connectivity index (χ1v) is 8.31. The number of benzene rings is 1. The average Bonchev–Trinajstić information content (AvgIpc) is 2.59. The summed E-state index contributed by atoms with van der Waals surface area (Å²) in [5, 5.41) is 2.41. The van der Waals surface area contributed by atoms with Crippen LogP contribution in [0.25, 0.3) is 0 Å². The van der Waals surface area contributed by atoms with E-state index in [2.05, 4.69) is 20.3 Å². The SMILES string of the molecule is Cc1ccccc1Nc1nc(N)nc(Cn2cc(C(F)(F)F)cc(Cl)c2=O)n1. The molecule has 11 heteroatoms. The summed E-state index contributed by atoms with van der Waals surface area (Å²) in [6.07, 6.45) is -4.00. The number of aryl methyl sites for hydroxylation is 1. The smallest absolute Gasteiger partial charge is 0.368 e. The van der Waals surface area contributed by atoms with Gasteiger partial charge in [-0.25, -0.2) is 0 Å². The highest BCUT2D eigenvalue weighted by atomic mass is 35.5. The summed E-state index contributed by atoms with van der Waals surface area (Å²) >= 11 is 5.66. The third kappa shape index (κ3) is 4.39. The molecule has 0 fully saturated rings.